The Labute approximate surface area is 103 Å². The highest BCUT2D eigenvalue weighted by Crippen LogP contribution is 2.37. The van der Waals surface area contributed by atoms with Crippen molar-refractivity contribution in [3.05, 3.63) is 28.4 Å². The average Bonchev–Trinajstić information content (AvgIpc) is 2.27. The fraction of sp³-hybridized carbons (Fsp3) is 0.182. The van der Waals surface area contributed by atoms with Crippen LogP contribution in [0.25, 0.3) is 10.9 Å². The maximum atomic E-state index is 6.12. The molecule has 1 heterocycles. The summed E-state index contributed by atoms with van der Waals surface area (Å²) in [6.07, 6.45) is 0. The monoisotopic (exact) mass is 257 g/mol. The summed E-state index contributed by atoms with van der Waals surface area (Å²) >= 11 is 12.0. The maximum Gasteiger partial charge on any atom is 0.145 e. The molecule has 1 aromatic heterocycles. The minimum absolute atomic E-state index is 0.323. The molecule has 0 unspecified atom stereocenters. The Bertz CT molecular complexity index is 543. The normalized spacial score (nSPS) is 10.5. The van der Waals surface area contributed by atoms with Gasteiger partial charge in [0, 0.05) is 0 Å². The number of pyridine rings is 1. The van der Waals surface area contributed by atoms with Gasteiger partial charge < -0.3 is 9.47 Å². The molecule has 2 aromatic rings. The van der Waals surface area contributed by atoms with Crippen LogP contribution < -0.4 is 9.47 Å². The minimum Gasteiger partial charge on any atom is -0.496 e. The number of halogens is 2. The van der Waals surface area contributed by atoms with Gasteiger partial charge in [0.05, 0.1) is 24.6 Å². The van der Waals surface area contributed by atoms with Gasteiger partial charge in [0.25, 0.3) is 0 Å². The van der Waals surface area contributed by atoms with Crippen molar-refractivity contribution in [2.24, 2.45) is 0 Å². The molecule has 0 saturated heterocycles. The molecular weight excluding hydrogens is 249 g/mol. The van der Waals surface area contributed by atoms with E-state index in [0.717, 1.165) is 0 Å². The molecular formula is C11H9Cl2NO2. The molecule has 0 fully saturated rings. The predicted molar refractivity (Wildman–Crippen MR) is 64.9 cm³/mol. The van der Waals surface area contributed by atoms with E-state index in [-0.39, 0.29) is 0 Å². The largest absolute Gasteiger partial charge is 0.496 e. The van der Waals surface area contributed by atoms with Crippen LogP contribution in [0.1, 0.15) is 0 Å². The van der Waals surface area contributed by atoms with Crippen LogP contribution in [0.2, 0.25) is 10.2 Å². The summed E-state index contributed by atoms with van der Waals surface area (Å²) in [4.78, 5) is 4.19. The second-order valence-electron chi connectivity index (χ2n) is 3.12. The lowest BCUT2D eigenvalue weighted by Gasteiger charge is -2.10. The first-order valence-corrected chi connectivity index (χ1v) is 5.29. The zero-order valence-corrected chi connectivity index (χ0v) is 10.3. The Morgan fingerprint density at radius 1 is 1.06 bits per heavy atom. The van der Waals surface area contributed by atoms with Crippen molar-refractivity contribution in [1.82, 2.24) is 4.98 Å². The standard InChI is InChI=1S/C11H9Cl2NO2/c1-15-7-3-4-8(16-2)11-10(7)6(12)5-9(13)14-11/h3-5H,1-2H3. The van der Waals surface area contributed by atoms with Gasteiger partial charge in [-0.3, -0.25) is 0 Å². The summed E-state index contributed by atoms with van der Waals surface area (Å²) in [6.45, 7) is 0. The van der Waals surface area contributed by atoms with Crippen molar-refractivity contribution in [3.63, 3.8) is 0 Å². The summed E-state index contributed by atoms with van der Waals surface area (Å²) < 4.78 is 10.4. The second-order valence-corrected chi connectivity index (χ2v) is 3.91. The third-order valence-electron chi connectivity index (χ3n) is 2.25. The third kappa shape index (κ3) is 1.77. The highest BCUT2D eigenvalue weighted by Gasteiger charge is 2.13. The van der Waals surface area contributed by atoms with Crippen molar-refractivity contribution in [1.29, 1.82) is 0 Å². The molecule has 0 radical (unpaired) electrons. The molecule has 0 saturated carbocycles. The van der Waals surface area contributed by atoms with E-state index in [2.05, 4.69) is 4.98 Å². The molecule has 5 heteroatoms. The van der Waals surface area contributed by atoms with Crippen LogP contribution in [0, 0.1) is 0 Å². The second kappa shape index (κ2) is 4.36. The van der Waals surface area contributed by atoms with Gasteiger partial charge in [-0.1, -0.05) is 23.2 Å². The summed E-state index contributed by atoms with van der Waals surface area (Å²) in [6, 6.07) is 5.12. The van der Waals surface area contributed by atoms with Crippen LogP contribution in [-0.4, -0.2) is 19.2 Å². The Kier molecular flexibility index (Phi) is 3.08. The van der Waals surface area contributed by atoms with Crippen molar-refractivity contribution < 1.29 is 9.47 Å². The smallest absolute Gasteiger partial charge is 0.145 e. The van der Waals surface area contributed by atoms with Gasteiger partial charge in [-0.05, 0) is 18.2 Å². The molecule has 0 bridgehead atoms. The minimum atomic E-state index is 0.323. The summed E-state index contributed by atoms with van der Waals surface area (Å²) in [7, 11) is 3.14. The lowest BCUT2D eigenvalue weighted by molar-refractivity contribution is 0.410. The number of methoxy groups -OCH3 is 2. The van der Waals surface area contributed by atoms with E-state index in [9.17, 15) is 0 Å². The zero-order chi connectivity index (χ0) is 11.7. The van der Waals surface area contributed by atoms with Crippen molar-refractivity contribution >= 4 is 34.1 Å². The lowest BCUT2D eigenvalue weighted by atomic mass is 10.2. The number of nitrogens with zero attached hydrogens (tertiary/aromatic N) is 1. The fourth-order valence-corrected chi connectivity index (χ4v) is 2.08. The number of benzene rings is 1. The average molecular weight is 258 g/mol. The predicted octanol–water partition coefficient (Wildman–Crippen LogP) is 3.56. The summed E-state index contributed by atoms with van der Waals surface area (Å²) in [5, 5.41) is 1.52. The Hall–Kier alpha value is -1.19. The topological polar surface area (TPSA) is 31.4 Å². The van der Waals surface area contributed by atoms with E-state index in [1.54, 1.807) is 32.4 Å². The number of ether oxygens (including phenoxy) is 2. The van der Waals surface area contributed by atoms with Crippen LogP contribution in [0.5, 0.6) is 11.5 Å². The first-order valence-electron chi connectivity index (χ1n) is 4.54. The molecule has 0 amide bonds. The highest BCUT2D eigenvalue weighted by molar-refractivity contribution is 6.38. The molecule has 3 nitrogen and oxygen atoms in total. The van der Waals surface area contributed by atoms with E-state index < -0.39 is 0 Å². The number of fused-ring (bicyclic) bond motifs is 1. The van der Waals surface area contributed by atoms with Gasteiger partial charge in [-0.15, -0.1) is 0 Å². The first-order chi connectivity index (χ1) is 7.67. The van der Waals surface area contributed by atoms with Gasteiger partial charge in [0.1, 0.15) is 22.2 Å². The van der Waals surface area contributed by atoms with Gasteiger partial charge >= 0.3 is 0 Å². The van der Waals surface area contributed by atoms with Crippen LogP contribution in [-0.2, 0) is 0 Å². The zero-order valence-electron chi connectivity index (χ0n) is 8.75. The molecule has 0 spiro atoms. The van der Waals surface area contributed by atoms with Crippen molar-refractivity contribution in [3.8, 4) is 11.5 Å². The van der Waals surface area contributed by atoms with Gasteiger partial charge in [0.2, 0.25) is 0 Å². The van der Waals surface area contributed by atoms with Gasteiger partial charge in [-0.2, -0.15) is 0 Å². The van der Waals surface area contributed by atoms with Crippen LogP contribution in [0.15, 0.2) is 18.2 Å². The number of hydrogen-bond acceptors (Lipinski definition) is 3. The quantitative estimate of drug-likeness (QED) is 0.772. The van der Waals surface area contributed by atoms with E-state index in [1.807, 2.05) is 0 Å². The lowest BCUT2D eigenvalue weighted by Crippen LogP contribution is -1.92. The molecule has 16 heavy (non-hydrogen) atoms. The van der Waals surface area contributed by atoms with Crippen molar-refractivity contribution in [2.45, 2.75) is 0 Å². The van der Waals surface area contributed by atoms with Crippen LogP contribution in [0.3, 0.4) is 0 Å². The molecule has 0 atom stereocenters. The molecule has 0 aliphatic heterocycles. The molecule has 0 N–H and O–H groups in total. The third-order valence-corrected chi connectivity index (χ3v) is 2.74. The molecule has 1 aromatic carbocycles. The number of hydrogen-bond donors (Lipinski definition) is 0. The first kappa shape index (κ1) is 11.3. The van der Waals surface area contributed by atoms with E-state index in [0.29, 0.717) is 32.6 Å². The number of rotatable bonds is 2. The van der Waals surface area contributed by atoms with Gasteiger partial charge in [0.15, 0.2) is 0 Å². The SMILES string of the molecule is COc1ccc(OC)c2c(Cl)cc(Cl)nc12. The van der Waals surface area contributed by atoms with Crippen LogP contribution >= 0.6 is 23.2 Å². The summed E-state index contributed by atoms with van der Waals surface area (Å²) in [5.41, 5.74) is 0.597. The molecule has 0 aliphatic rings. The van der Waals surface area contributed by atoms with Crippen molar-refractivity contribution in [2.75, 3.05) is 14.2 Å². The van der Waals surface area contributed by atoms with Gasteiger partial charge in [-0.25, -0.2) is 4.98 Å². The number of aromatic nitrogens is 1. The van der Waals surface area contributed by atoms with Crippen LogP contribution in [0.4, 0.5) is 0 Å². The Morgan fingerprint density at radius 2 is 1.69 bits per heavy atom. The molecule has 84 valence electrons. The Balaban J connectivity index is 2.90. The van der Waals surface area contributed by atoms with E-state index in [1.165, 1.54) is 0 Å². The van der Waals surface area contributed by atoms with E-state index in [4.69, 9.17) is 32.7 Å². The molecule has 2 rings (SSSR count). The fourth-order valence-electron chi connectivity index (χ4n) is 1.55. The maximum absolute atomic E-state index is 6.12. The molecule has 0 aliphatic carbocycles. The highest BCUT2D eigenvalue weighted by atomic mass is 35.5. The summed E-state index contributed by atoms with van der Waals surface area (Å²) in [5.74, 6) is 1.25. The Morgan fingerprint density at radius 3 is 2.31 bits per heavy atom. The van der Waals surface area contributed by atoms with E-state index >= 15 is 0 Å².